The number of para-hydroxylation sites is 1. The van der Waals surface area contributed by atoms with Crippen molar-refractivity contribution in [3.05, 3.63) is 24.3 Å². The predicted molar refractivity (Wildman–Crippen MR) is 78.0 cm³/mol. The molecule has 1 saturated heterocycles. The molecule has 2 rings (SSSR count). The van der Waals surface area contributed by atoms with Crippen molar-refractivity contribution < 1.29 is 16.8 Å². The van der Waals surface area contributed by atoms with Crippen LogP contribution in [0.4, 0.5) is 5.69 Å². The van der Waals surface area contributed by atoms with Crippen LogP contribution in [0.5, 0.6) is 0 Å². The standard InChI is InChI=1S/C12H18N2O4S2/c1-2-13-11-5-3-4-6-12(11)20(17,18)14-10-7-8-19(15,16)9-10/h3-6,10,13-14H,2,7-9H2,1H3. The lowest BCUT2D eigenvalue weighted by Gasteiger charge is -2.15. The molecule has 0 aliphatic carbocycles. The lowest BCUT2D eigenvalue weighted by Crippen LogP contribution is -2.35. The molecule has 1 aromatic rings. The van der Waals surface area contributed by atoms with E-state index in [1.807, 2.05) is 6.92 Å². The van der Waals surface area contributed by atoms with Crippen molar-refractivity contribution >= 4 is 25.5 Å². The maximum atomic E-state index is 12.3. The summed E-state index contributed by atoms with van der Waals surface area (Å²) in [7, 11) is -6.84. The first-order chi connectivity index (χ1) is 9.34. The van der Waals surface area contributed by atoms with Crippen LogP contribution < -0.4 is 10.0 Å². The van der Waals surface area contributed by atoms with Crippen LogP contribution in [0.2, 0.25) is 0 Å². The molecule has 0 aromatic heterocycles. The van der Waals surface area contributed by atoms with Crippen LogP contribution >= 0.6 is 0 Å². The second kappa shape index (κ2) is 5.71. The Hall–Kier alpha value is -1.12. The number of sulfonamides is 1. The van der Waals surface area contributed by atoms with E-state index >= 15 is 0 Å². The van der Waals surface area contributed by atoms with Crippen LogP contribution in [0.25, 0.3) is 0 Å². The maximum absolute atomic E-state index is 12.3. The average Bonchev–Trinajstić information content (AvgIpc) is 2.69. The Bertz CT molecular complexity index is 683. The molecule has 112 valence electrons. The van der Waals surface area contributed by atoms with Crippen LogP contribution in [-0.4, -0.2) is 40.9 Å². The SMILES string of the molecule is CCNc1ccccc1S(=O)(=O)NC1CCS(=O)(=O)C1. The van der Waals surface area contributed by atoms with E-state index in [0.29, 0.717) is 18.7 Å². The Morgan fingerprint density at radius 2 is 2.00 bits per heavy atom. The highest BCUT2D eigenvalue weighted by Crippen LogP contribution is 2.22. The van der Waals surface area contributed by atoms with E-state index in [1.54, 1.807) is 18.2 Å². The normalized spacial score (nSPS) is 21.8. The summed E-state index contributed by atoms with van der Waals surface area (Å²) < 4.78 is 49.9. The van der Waals surface area contributed by atoms with E-state index in [9.17, 15) is 16.8 Å². The Morgan fingerprint density at radius 3 is 2.60 bits per heavy atom. The summed E-state index contributed by atoms with van der Waals surface area (Å²) in [5.74, 6) is -0.0926. The van der Waals surface area contributed by atoms with Gasteiger partial charge in [0.1, 0.15) is 4.90 Å². The van der Waals surface area contributed by atoms with Gasteiger partial charge in [0.05, 0.1) is 17.2 Å². The molecule has 1 aromatic carbocycles. The molecule has 6 nitrogen and oxygen atoms in total. The molecule has 1 aliphatic heterocycles. The van der Waals surface area contributed by atoms with Gasteiger partial charge < -0.3 is 5.32 Å². The van der Waals surface area contributed by atoms with Crippen LogP contribution in [0.3, 0.4) is 0 Å². The number of hydrogen-bond donors (Lipinski definition) is 2. The minimum absolute atomic E-state index is 0.0367. The lowest BCUT2D eigenvalue weighted by atomic mass is 10.3. The minimum Gasteiger partial charge on any atom is -0.384 e. The molecule has 0 amide bonds. The van der Waals surface area contributed by atoms with E-state index in [2.05, 4.69) is 10.0 Å². The number of rotatable bonds is 5. The molecular weight excluding hydrogens is 300 g/mol. The highest BCUT2D eigenvalue weighted by Gasteiger charge is 2.32. The molecule has 1 unspecified atom stereocenters. The van der Waals surface area contributed by atoms with E-state index in [4.69, 9.17) is 0 Å². The highest BCUT2D eigenvalue weighted by atomic mass is 32.2. The van der Waals surface area contributed by atoms with Gasteiger partial charge in [-0.15, -0.1) is 0 Å². The van der Waals surface area contributed by atoms with E-state index < -0.39 is 25.9 Å². The second-order valence-corrected chi connectivity index (χ2v) is 8.66. The molecule has 1 aliphatic rings. The topological polar surface area (TPSA) is 92.3 Å². The Morgan fingerprint density at radius 1 is 1.30 bits per heavy atom. The number of benzene rings is 1. The maximum Gasteiger partial charge on any atom is 0.242 e. The summed E-state index contributed by atoms with van der Waals surface area (Å²) in [5, 5.41) is 2.99. The first-order valence-corrected chi connectivity index (χ1v) is 9.70. The van der Waals surface area contributed by atoms with E-state index in [0.717, 1.165) is 0 Å². The van der Waals surface area contributed by atoms with Crippen molar-refractivity contribution in [2.45, 2.75) is 24.3 Å². The minimum atomic E-state index is -3.72. The zero-order valence-electron chi connectivity index (χ0n) is 11.2. The summed E-state index contributed by atoms with van der Waals surface area (Å²) in [6, 6.07) is 6.03. The molecule has 0 radical (unpaired) electrons. The zero-order chi connectivity index (χ0) is 14.8. The van der Waals surface area contributed by atoms with Crippen LogP contribution in [-0.2, 0) is 19.9 Å². The van der Waals surface area contributed by atoms with Gasteiger partial charge in [-0.3, -0.25) is 0 Å². The van der Waals surface area contributed by atoms with Crippen molar-refractivity contribution in [2.75, 3.05) is 23.4 Å². The van der Waals surface area contributed by atoms with Gasteiger partial charge in [-0.25, -0.2) is 21.6 Å². The summed E-state index contributed by atoms with van der Waals surface area (Å²) in [6.07, 6.45) is 0.324. The molecular formula is C12H18N2O4S2. The number of hydrogen-bond acceptors (Lipinski definition) is 5. The van der Waals surface area contributed by atoms with Crippen molar-refractivity contribution in [3.63, 3.8) is 0 Å². The third-order valence-corrected chi connectivity index (χ3v) is 6.44. The lowest BCUT2D eigenvalue weighted by molar-refractivity contribution is 0.562. The number of sulfone groups is 1. The van der Waals surface area contributed by atoms with Gasteiger partial charge >= 0.3 is 0 Å². The van der Waals surface area contributed by atoms with Gasteiger partial charge in [0, 0.05) is 12.6 Å². The fourth-order valence-corrected chi connectivity index (χ4v) is 5.44. The van der Waals surface area contributed by atoms with Gasteiger partial charge in [0.25, 0.3) is 0 Å². The van der Waals surface area contributed by atoms with E-state index in [-0.39, 0.29) is 16.4 Å². The zero-order valence-corrected chi connectivity index (χ0v) is 12.8. The second-order valence-electron chi connectivity index (χ2n) is 4.75. The monoisotopic (exact) mass is 318 g/mol. The molecule has 0 bridgehead atoms. The average molecular weight is 318 g/mol. The molecule has 2 N–H and O–H groups in total. The van der Waals surface area contributed by atoms with Gasteiger partial charge in [-0.2, -0.15) is 0 Å². The molecule has 1 fully saturated rings. The Balaban J connectivity index is 2.23. The quantitative estimate of drug-likeness (QED) is 0.828. The molecule has 0 saturated carbocycles. The summed E-state index contributed by atoms with van der Waals surface area (Å²) >= 11 is 0. The summed E-state index contributed by atoms with van der Waals surface area (Å²) in [5.41, 5.74) is 0.517. The molecule has 20 heavy (non-hydrogen) atoms. The fraction of sp³-hybridized carbons (Fsp3) is 0.500. The molecule has 1 heterocycles. The molecule has 8 heteroatoms. The first kappa shape index (κ1) is 15.3. The van der Waals surface area contributed by atoms with Crippen molar-refractivity contribution in [3.8, 4) is 0 Å². The third kappa shape index (κ3) is 3.50. The third-order valence-electron chi connectivity index (χ3n) is 3.10. The van der Waals surface area contributed by atoms with Crippen LogP contribution in [0, 0.1) is 0 Å². The van der Waals surface area contributed by atoms with Gasteiger partial charge in [0.15, 0.2) is 9.84 Å². The smallest absolute Gasteiger partial charge is 0.242 e. The van der Waals surface area contributed by atoms with Gasteiger partial charge in [-0.05, 0) is 25.5 Å². The van der Waals surface area contributed by atoms with Gasteiger partial charge in [0.2, 0.25) is 10.0 Å². The van der Waals surface area contributed by atoms with Crippen molar-refractivity contribution in [1.29, 1.82) is 0 Å². The fourth-order valence-electron chi connectivity index (χ4n) is 2.21. The van der Waals surface area contributed by atoms with E-state index in [1.165, 1.54) is 6.07 Å². The van der Waals surface area contributed by atoms with Crippen molar-refractivity contribution in [1.82, 2.24) is 4.72 Å². The molecule has 0 spiro atoms. The van der Waals surface area contributed by atoms with Gasteiger partial charge in [-0.1, -0.05) is 12.1 Å². The van der Waals surface area contributed by atoms with Crippen LogP contribution in [0.15, 0.2) is 29.2 Å². The Labute approximate surface area is 119 Å². The summed E-state index contributed by atoms with van der Waals surface area (Å²) in [4.78, 5) is 0.145. The number of anilines is 1. The largest absolute Gasteiger partial charge is 0.384 e. The predicted octanol–water partition coefficient (Wildman–Crippen LogP) is 0.584. The summed E-state index contributed by atoms with van der Waals surface area (Å²) in [6.45, 7) is 2.48. The van der Waals surface area contributed by atoms with Crippen LogP contribution in [0.1, 0.15) is 13.3 Å². The number of nitrogens with one attached hydrogen (secondary N) is 2. The van der Waals surface area contributed by atoms with Crippen molar-refractivity contribution in [2.24, 2.45) is 0 Å². The molecule has 1 atom stereocenters. The highest BCUT2D eigenvalue weighted by molar-refractivity contribution is 7.92. The first-order valence-electron chi connectivity index (χ1n) is 6.40. The Kier molecular flexibility index (Phi) is 4.36.